The molecule has 26 heavy (non-hydrogen) atoms. The smallest absolute Gasteiger partial charge is 0.118 e. The first kappa shape index (κ1) is 21.7. The number of benzene rings is 2. The minimum absolute atomic E-state index is 0. The molecule has 0 spiro atoms. The lowest BCUT2D eigenvalue weighted by atomic mass is 10.0. The number of hydrazone groups is 1. The van der Waals surface area contributed by atoms with E-state index in [1.54, 1.807) is 7.11 Å². The van der Waals surface area contributed by atoms with Crippen molar-refractivity contribution in [2.75, 3.05) is 33.2 Å². The number of nitrogens with one attached hydrogen (secondary N) is 1. The van der Waals surface area contributed by atoms with Crippen LogP contribution in [0.5, 0.6) is 5.75 Å². The number of methoxy groups -OCH3 is 1. The van der Waals surface area contributed by atoms with Crippen LogP contribution in [0.2, 0.25) is 0 Å². The zero-order valence-electron chi connectivity index (χ0n) is 15.8. The fourth-order valence-corrected chi connectivity index (χ4v) is 2.49. The van der Waals surface area contributed by atoms with E-state index in [1.165, 1.54) is 0 Å². The van der Waals surface area contributed by atoms with Gasteiger partial charge in [-0.2, -0.15) is 5.10 Å². The average Bonchev–Trinajstić information content (AvgIpc) is 2.62. The van der Waals surface area contributed by atoms with Crippen molar-refractivity contribution in [3.63, 3.8) is 0 Å². The van der Waals surface area contributed by atoms with Crippen molar-refractivity contribution in [2.45, 2.75) is 6.92 Å². The van der Waals surface area contributed by atoms with Gasteiger partial charge in [0.25, 0.3) is 0 Å². The van der Waals surface area contributed by atoms with Gasteiger partial charge in [-0.05, 0) is 50.0 Å². The molecule has 2 aromatic rings. The molecule has 0 aliphatic rings. The molecule has 0 aliphatic heterocycles. The van der Waals surface area contributed by atoms with Crippen molar-refractivity contribution in [2.24, 2.45) is 11.0 Å². The first-order valence-electron chi connectivity index (χ1n) is 8.44. The van der Waals surface area contributed by atoms with Crippen molar-refractivity contribution >= 4 is 29.9 Å². The first-order valence-corrected chi connectivity index (χ1v) is 8.44. The number of para-hydroxylation sites is 1. The Morgan fingerprint density at radius 2 is 1.77 bits per heavy atom. The lowest BCUT2D eigenvalue weighted by molar-refractivity contribution is 0.381. The predicted molar refractivity (Wildman–Crippen MR) is 114 cm³/mol. The van der Waals surface area contributed by atoms with Gasteiger partial charge in [-0.15, -0.1) is 12.4 Å². The highest BCUT2D eigenvalue weighted by Gasteiger charge is 2.09. The van der Waals surface area contributed by atoms with Crippen LogP contribution in [0.3, 0.4) is 0 Å². The Kier molecular flexibility index (Phi) is 9.48. The normalized spacial score (nSPS) is 12.7. The molecule has 2 rings (SSSR count). The van der Waals surface area contributed by atoms with Crippen LogP contribution in [0.1, 0.15) is 12.5 Å². The van der Waals surface area contributed by atoms with Gasteiger partial charge in [0.05, 0.1) is 18.5 Å². The van der Waals surface area contributed by atoms with E-state index in [0.29, 0.717) is 5.92 Å². The molecule has 0 saturated carbocycles. The van der Waals surface area contributed by atoms with Gasteiger partial charge in [0.1, 0.15) is 5.75 Å². The number of allylic oxidation sites excluding steroid dienone is 1. The summed E-state index contributed by atoms with van der Waals surface area (Å²) in [5.41, 5.74) is 6.26. The van der Waals surface area contributed by atoms with E-state index in [4.69, 9.17) is 4.74 Å². The summed E-state index contributed by atoms with van der Waals surface area (Å²) in [6.07, 6.45) is 4.16. The van der Waals surface area contributed by atoms with Gasteiger partial charge >= 0.3 is 0 Å². The van der Waals surface area contributed by atoms with E-state index in [1.807, 2.05) is 54.6 Å². The van der Waals surface area contributed by atoms with Crippen molar-refractivity contribution in [1.29, 1.82) is 0 Å². The second kappa shape index (κ2) is 11.3. The molecule has 0 radical (unpaired) electrons. The summed E-state index contributed by atoms with van der Waals surface area (Å²) >= 11 is 0. The number of halogens is 1. The van der Waals surface area contributed by atoms with Crippen molar-refractivity contribution in [3.05, 3.63) is 66.2 Å². The third kappa shape index (κ3) is 7.30. The third-order valence-electron chi connectivity index (χ3n) is 3.79. The monoisotopic (exact) mass is 373 g/mol. The minimum atomic E-state index is 0. The number of ether oxygens (including phenoxy) is 1. The lowest BCUT2D eigenvalue weighted by Crippen LogP contribution is -2.25. The summed E-state index contributed by atoms with van der Waals surface area (Å²) in [7, 11) is 5.83. The van der Waals surface area contributed by atoms with Crippen molar-refractivity contribution in [3.8, 4) is 5.75 Å². The third-order valence-corrected chi connectivity index (χ3v) is 3.79. The summed E-state index contributed by atoms with van der Waals surface area (Å²) < 4.78 is 5.20. The van der Waals surface area contributed by atoms with Gasteiger partial charge in [-0.1, -0.05) is 43.3 Å². The van der Waals surface area contributed by atoms with Gasteiger partial charge in [-0.25, -0.2) is 0 Å². The average molecular weight is 374 g/mol. The van der Waals surface area contributed by atoms with E-state index >= 15 is 0 Å². The van der Waals surface area contributed by atoms with Gasteiger partial charge in [0, 0.05) is 12.5 Å². The largest absolute Gasteiger partial charge is 0.497 e. The van der Waals surface area contributed by atoms with Crippen LogP contribution in [0.25, 0.3) is 6.08 Å². The summed E-state index contributed by atoms with van der Waals surface area (Å²) in [4.78, 5) is 2.17. The van der Waals surface area contributed by atoms with Gasteiger partial charge in [0.15, 0.2) is 0 Å². The molecular weight excluding hydrogens is 346 g/mol. The van der Waals surface area contributed by atoms with Crippen LogP contribution in [0, 0.1) is 5.92 Å². The number of nitrogens with zero attached hydrogens (tertiary/aromatic N) is 2. The number of anilines is 1. The molecule has 0 saturated heterocycles. The number of hydrogen-bond acceptors (Lipinski definition) is 4. The molecule has 1 N–H and O–H groups in total. The Bertz CT molecular complexity index is 697. The maximum atomic E-state index is 5.20. The maximum absolute atomic E-state index is 5.20. The standard InChI is InChI=1S/C21H27N3O.ClH/c1-17(16-24(2)3)21(23-22-19-8-6-5-7-9-19)15-12-18-10-13-20(25-4)14-11-18;/h5-15,17,22H,16H2,1-4H3;1H/b15-12?,23-21-;. The zero-order valence-corrected chi connectivity index (χ0v) is 16.7. The molecule has 0 aromatic heterocycles. The highest BCUT2D eigenvalue weighted by molar-refractivity contribution is 6.00. The topological polar surface area (TPSA) is 36.9 Å². The molecule has 5 heteroatoms. The zero-order chi connectivity index (χ0) is 18.1. The van der Waals surface area contributed by atoms with Gasteiger partial charge in [0.2, 0.25) is 0 Å². The molecule has 2 aromatic carbocycles. The molecular formula is C21H28ClN3O. The molecule has 4 nitrogen and oxygen atoms in total. The summed E-state index contributed by atoms with van der Waals surface area (Å²) in [6.45, 7) is 3.12. The lowest BCUT2D eigenvalue weighted by Gasteiger charge is -2.17. The maximum Gasteiger partial charge on any atom is 0.118 e. The van der Waals surface area contributed by atoms with Crippen LogP contribution >= 0.6 is 12.4 Å². The van der Waals surface area contributed by atoms with E-state index in [9.17, 15) is 0 Å². The second-order valence-corrected chi connectivity index (χ2v) is 6.28. The van der Waals surface area contributed by atoms with Crippen molar-refractivity contribution in [1.82, 2.24) is 4.90 Å². The quantitative estimate of drug-likeness (QED) is 0.533. The van der Waals surface area contributed by atoms with Crippen LogP contribution in [0.4, 0.5) is 5.69 Å². The summed E-state index contributed by atoms with van der Waals surface area (Å²) in [5, 5.41) is 4.62. The van der Waals surface area contributed by atoms with Crippen LogP contribution in [-0.4, -0.2) is 38.4 Å². The molecule has 1 unspecified atom stereocenters. The van der Waals surface area contributed by atoms with Crippen LogP contribution < -0.4 is 10.2 Å². The Hall–Kier alpha value is -2.30. The van der Waals surface area contributed by atoms with E-state index in [-0.39, 0.29) is 12.4 Å². The van der Waals surface area contributed by atoms with E-state index in [2.05, 4.69) is 48.6 Å². The molecule has 0 aliphatic carbocycles. The molecule has 0 fully saturated rings. The second-order valence-electron chi connectivity index (χ2n) is 6.28. The van der Waals surface area contributed by atoms with E-state index < -0.39 is 0 Å². The van der Waals surface area contributed by atoms with Gasteiger partial charge < -0.3 is 9.64 Å². The van der Waals surface area contributed by atoms with Gasteiger partial charge in [-0.3, -0.25) is 5.43 Å². The SMILES string of the molecule is COc1ccc(C=C/C(=N/Nc2ccccc2)C(C)CN(C)C)cc1.Cl. The molecule has 0 bridgehead atoms. The summed E-state index contributed by atoms with van der Waals surface area (Å²) in [6, 6.07) is 18.0. The highest BCUT2D eigenvalue weighted by Crippen LogP contribution is 2.14. The summed E-state index contributed by atoms with van der Waals surface area (Å²) in [5.74, 6) is 1.17. The minimum Gasteiger partial charge on any atom is -0.497 e. The first-order chi connectivity index (χ1) is 12.1. The molecule has 1 atom stereocenters. The van der Waals surface area contributed by atoms with Crippen molar-refractivity contribution < 1.29 is 4.74 Å². The molecule has 0 heterocycles. The Balaban J connectivity index is 0.00000338. The molecule has 140 valence electrons. The van der Waals surface area contributed by atoms with Crippen LogP contribution in [0.15, 0.2) is 65.8 Å². The Labute approximate surface area is 163 Å². The Morgan fingerprint density at radius 3 is 2.35 bits per heavy atom. The fraction of sp³-hybridized carbons (Fsp3) is 0.286. The Morgan fingerprint density at radius 1 is 1.12 bits per heavy atom. The number of rotatable bonds is 8. The highest BCUT2D eigenvalue weighted by atomic mass is 35.5. The van der Waals surface area contributed by atoms with Crippen LogP contribution in [-0.2, 0) is 0 Å². The fourth-order valence-electron chi connectivity index (χ4n) is 2.49. The number of hydrogen-bond donors (Lipinski definition) is 1. The molecule has 0 amide bonds. The van der Waals surface area contributed by atoms with E-state index in [0.717, 1.165) is 29.3 Å². The predicted octanol–water partition coefficient (Wildman–Crippen LogP) is 4.80.